The Labute approximate surface area is 158 Å². The van der Waals surface area contributed by atoms with Gasteiger partial charge < -0.3 is 9.84 Å². The summed E-state index contributed by atoms with van der Waals surface area (Å²) in [6.07, 6.45) is 6.31. The van der Waals surface area contributed by atoms with Crippen molar-refractivity contribution in [2.75, 3.05) is 5.32 Å². The van der Waals surface area contributed by atoms with E-state index in [1.807, 2.05) is 0 Å². The molecular weight excluding hydrogens is 373 g/mol. The molecule has 1 aliphatic carbocycles. The molecule has 0 saturated heterocycles. The molecule has 0 bridgehead atoms. The SMILES string of the molecule is Fc1ccc(-c2noc(CSc3nnc(NC4CCCCC4)s3)n2)cc1. The summed E-state index contributed by atoms with van der Waals surface area (Å²) < 4.78 is 19.1. The molecule has 0 amide bonds. The van der Waals surface area contributed by atoms with E-state index in [0.717, 1.165) is 15.0 Å². The third-order valence-electron chi connectivity index (χ3n) is 4.23. The highest BCUT2D eigenvalue weighted by Crippen LogP contribution is 2.30. The molecule has 0 atom stereocenters. The Morgan fingerprint density at radius 2 is 1.96 bits per heavy atom. The van der Waals surface area contributed by atoms with Crippen LogP contribution in [0.25, 0.3) is 11.4 Å². The Balaban J connectivity index is 1.32. The summed E-state index contributed by atoms with van der Waals surface area (Å²) in [7, 11) is 0. The van der Waals surface area contributed by atoms with E-state index < -0.39 is 0 Å². The Morgan fingerprint density at radius 3 is 2.77 bits per heavy atom. The summed E-state index contributed by atoms with van der Waals surface area (Å²) in [5, 5.41) is 16.7. The quantitative estimate of drug-likeness (QED) is 0.607. The van der Waals surface area contributed by atoms with Crippen molar-refractivity contribution >= 4 is 28.2 Å². The van der Waals surface area contributed by atoms with E-state index in [2.05, 4.69) is 25.7 Å². The molecule has 1 saturated carbocycles. The molecule has 0 radical (unpaired) electrons. The molecule has 4 rings (SSSR count). The van der Waals surface area contributed by atoms with Gasteiger partial charge in [0.15, 0.2) is 4.34 Å². The van der Waals surface area contributed by atoms with E-state index in [4.69, 9.17) is 4.52 Å². The third-order valence-corrected chi connectivity index (χ3v) is 6.20. The average molecular weight is 391 g/mol. The minimum absolute atomic E-state index is 0.290. The van der Waals surface area contributed by atoms with Gasteiger partial charge in [-0.1, -0.05) is 47.5 Å². The first-order valence-corrected chi connectivity index (χ1v) is 10.4. The predicted molar refractivity (Wildman–Crippen MR) is 99.7 cm³/mol. The number of hydrogen-bond acceptors (Lipinski definition) is 8. The monoisotopic (exact) mass is 391 g/mol. The summed E-state index contributed by atoms with van der Waals surface area (Å²) in [5.74, 6) is 1.19. The highest BCUT2D eigenvalue weighted by molar-refractivity contribution is 8.00. The molecule has 136 valence electrons. The lowest BCUT2D eigenvalue weighted by atomic mass is 9.96. The van der Waals surface area contributed by atoms with Crippen LogP contribution in [0.1, 0.15) is 38.0 Å². The Bertz CT molecular complexity index is 845. The topological polar surface area (TPSA) is 76.7 Å². The Kier molecular flexibility index (Phi) is 5.45. The van der Waals surface area contributed by atoms with Gasteiger partial charge in [-0.25, -0.2) is 4.39 Å². The van der Waals surface area contributed by atoms with Gasteiger partial charge in [-0.05, 0) is 37.1 Å². The van der Waals surface area contributed by atoms with Gasteiger partial charge in [-0.3, -0.25) is 0 Å². The van der Waals surface area contributed by atoms with Crippen LogP contribution in [0.2, 0.25) is 0 Å². The smallest absolute Gasteiger partial charge is 0.237 e. The number of thioether (sulfide) groups is 1. The first-order valence-electron chi connectivity index (χ1n) is 8.57. The molecule has 3 aromatic rings. The average Bonchev–Trinajstić information content (AvgIpc) is 3.31. The number of benzene rings is 1. The van der Waals surface area contributed by atoms with Gasteiger partial charge in [0.1, 0.15) is 5.82 Å². The minimum Gasteiger partial charge on any atom is -0.357 e. The van der Waals surface area contributed by atoms with Crippen molar-refractivity contribution in [3.05, 3.63) is 36.0 Å². The van der Waals surface area contributed by atoms with Gasteiger partial charge in [0.25, 0.3) is 0 Å². The lowest BCUT2D eigenvalue weighted by Crippen LogP contribution is -2.21. The number of nitrogens with zero attached hydrogens (tertiary/aromatic N) is 4. The maximum atomic E-state index is 13.0. The fraction of sp³-hybridized carbons (Fsp3) is 0.412. The van der Waals surface area contributed by atoms with Gasteiger partial charge in [-0.15, -0.1) is 10.2 Å². The molecule has 6 nitrogen and oxygen atoms in total. The van der Waals surface area contributed by atoms with E-state index in [0.29, 0.717) is 23.5 Å². The predicted octanol–water partition coefficient (Wildman–Crippen LogP) is 4.76. The molecule has 0 aliphatic heterocycles. The second kappa shape index (κ2) is 8.13. The summed E-state index contributed by atoms with van der Waals surface area (Å²) in [6.45, 7) is 0. The van der Waals surface area contributed by atoms with Gasteiger partial charge in [0, 0.05) is 11.6 Å². The molecule has 0 spiro atoms. The van der Waals surface area contributed by atoms with Crippen molar-refractivity contribution in [1.82, 2.24) is 20.3 Å². The van der Waals surface area contributed by atoms with Crippen molar-refractivity contribution in [1.29, 1.82) is 0 Å². The van der Waals surface area contributed by atoms with Crippen LogP contribution in [0.3, 0.4) is 0 Å². The molecule has 2 heterocycles. The minimum atomic E-state index is -0.290. The molecule has 1 N–H and O–H groups in total. The van der Waals surface area contributed by atoms with Crippen molar-refractivity contribution < 1.29 is 8.91 Å². The van der Waals surface area contributed by atoms with E-state index >= 15 is 0 Å². The number of halogens is 1. The summed E-state index contributed by atoms with van der Waals surface area (Å²) in [4.78, 5) is 4.35. The molecule has 26 heavy (non-hydrogen) atoms. The molecule has 2 aromatic heterocycles. The fourth-order valence-corrected chi connectivity index (χ4v) is 4.57. The van der Waals surface area contributed by atoms with Crippen LogP contribution in [-0.2, 0) is 5.75 Å². The van der Waals surface area contributed by atoms with Gasteiger partial charge in [-0.2, -0.15) is 4.98 Å². The lowest BCUT2D eigenvalue weighted by molar-refractivity contribution is 0.391. The molecule has 0 unspecified atom stereocenters. The van der Waals surface area contributed by atoms with E-state index in [1.54, 1.807) is 23.5 Å². The van der Waals surface area contributed by atoms with E-state index in [-0.39, 0.29) is 5.82 Å². The zero-order chi connectivity index (χ0) is 17.8. The number of hydrogen-bond donors (Lipinski definition) is 1. The third kappa shape index (κ3) is 4.39. The van der Waals surface area contributed by atoms with Crippen LogP contribution in [0.15, 0.2) is 33.1 Å². The van der Waals surface area contributed by atoms with E-state index in [9.17, 15) is 4.39 Å². The van der Waals surface area contributed by atoms with Crippen LogP contribution < -0.4 is 5.32 Å². The normalized spacial score (nSPS) is 15.3. The molecule has 1 fully saturated rings. The second-order valence-corrected chi connectivity index (χ2v) is 8.36. The molecular formula is C17H18FN5OS2. The molecule has 1 aromatic carbocycles. The Morgan fingerprint density at radius 1 is 1.15 bits per heavy atom. The summed E-state index contributed by atoms with van der Waals surface area (Å²) in [5.41, 5.74) is 0.723. The number of rotatable bonds is 6. The van der Waals surface area contributed by atoms with Crippen LogP contribution in [-0.4, -0.2) is 26.4 Å². The van der Waals surface area contributed by atoms with Crippen LogP contribution in [0.5, 0.6) is 0 Å². The number of anilines is 1. The zero-order valence-electron chi connectivity index (χ0n) is 14.0. The number of nitrogens with one attached hydrogen (secondary N) is 1. The maximum Gasteiger partial charge on any atom is 0.237 e. The fourth-order valence-electron chi connectivity index (χ4n) is 2.90. The van der Waals surface area contributed by atoms with Crippen LogP contribution >= 0.6 is 23.1 Å². The maximum absolute atomic E-state index is 13.0. The van der Waals surface area contributed by atoms with E-state index in [1.165, 1.54) is 56.0 Å². The highest BCUT2D eigenvalue weighted by atomic mass is 32.2. The van der Waals surface area contributed by atoms with Crippen molar-refractivity contribution in [3.63, 3.8) is 0 Å². The summed E-state index contributed by atoms with van der Waals surface area (Å²) >= 11 is 3.06. The lowest BCUT2D eigenvalue weighted by Gasteiger charge is -2.21. The standard InChI is InChI=1S/C17H18FN5OS2/c18-12-8-6-11(7-9-12)15-20-14(24-23-15)10-25-17-22-21-16(26-17)19-13-4-2-1-3-5-13/h6-9,13H,1-5,10H2,(H,19,21). The van der Waals surface area contributed by atoms with Crippen molar-refractivity contribution in [2.45, 2.75) is 48.2 Å². The van der Waals surface area contributed by atoms with Crippen molar-refractivity contribution in [2.24, 2.45) is 0 Å². The molecule has 9 heteroatoms. The first kappa shape index (κ1) is 17.4. The van der Waals surface area contributed by atoms with Gasteiger partial charge in [0.05, 0.1) is 5.75 Å². The highest BCUT2D eigenvalue weighted by Gasteiger charge is 2.16. The zero-order valence-corrected chi connectivity index (χ0v) is 15.7. The Hall–Kier alpha value is -2.00. The van der Waals surface area contributed by atoms with Gasteiger partial charge >= 0.3 is 0 Å². The van der Waals surface area contributed by atoms with Crippen LogP contribution in [0.4, 0.5) is 9.52 Å². The first-order chi connectivity index (χ1) is 12.8. The number of aromatic nitrogens is 4. The molecule has 1 aliphatic rings. The summed E-state index contributed by atoms with van der Waals surface area (Å²) in [6, 6.07) is 6.53. The van der Waals surface area contributed by atoms with Crippen LogP contribution in [0, 0.1) is 5.82 Å². The second-order valence-electron chi connectivity index (χ2n) is 6.16. The van der Waals surface area contributed by atoms with Gasteiger partial charge in [0.2, 0.25) is 16.8 Å². The largest absolute Gasteiger partial charge is 0.357 e. The van der Waals surface area contributed by atoms with Crippen molar-refractivity contribution in [3.8, 4) is 11.4 Å².